The van der Waals surface area contributed by atoms with E-state index in [1.165, 1.54) is 28.6 Å². The van der Waals surface area contributed by atoms with Crippen LogP contribution in [0.15, 0.2) is 29.2 Å². The number of ether oxygens (including phenoxy) is 1. The summed E-state index contributed by atoms with van der Waals surface area (Å²) < 4.78 is 56.6. The van der Waals surface area contributed by atoms with Crippen molar-refractivity contribution in [3.63, 3.8) is 0 Å². The second-order valence-electron chi connectivity index (χ2n) is 6.22. The zero-order chi connectivity index (χ0) is 17.4. The van der Waals surface area contributed by atoms with Gasteiger partial charge in [0.2, 0.25) is 10.0 Å². The molecule has 0 spiro atoms. The van der Waals surface area contributed by atoms with E-state index in [9.17, 15) is 16.8 Å². The number of halogens is 1. The van der Waals surface area contributed by atoms with Crippen LogP contribution in [0, 0.1) is 0 Å². The van der Waals surface area contributed by atoms with Crippen LogP contribution in [0.2, 0.25) is 5.02 Å². The number of hydrogen-bond donors (Lipinski definition) is 0. The van der Waals surface area contributed by atoms with Crippen LogP contribution in [0.3, 0.4) is 0 Å². The molecule has 0 bridgehead atoms. The van der Waals surface area contributed by atoms with E-state index in [-0.39, 0.29) is 29.0 Å². The molecule has 24 heavy (non-hydrogen) atoms. The molecule has 0 unspecified atom stereocenters. The molecule has 2 aliphatic heterocycles. The van der Waals surface area contributed by atoms with Gasteiger partial charge in [0.05, 0.1) is 22.5 Å². The Balaban J connectivity index is 1.91. The summed E-state index contributed by atoms with van der Waals surface area (Å²) in [6, 6.07) is 5.39. The Kier molecular flexibility index (Phi) is 5.22. The van der Waals surface area contributed by atoms with Gasteiger partial charge in [-0.2, -0.15) is 4.31 Å². The fraction of sp³-hybridized carbons (Fsp3) is 0.600. The van der Waals surface area contributed by atoms with E-state index in [2.05, 4.69) is 0 Å². The van der Waals surface area contributed by atoms with E-state index < -0.39 is 25.9 Å². The molecule has 0 radical (unpaired) electrons. The van der Waals surface area contributed by atoms with Crippen LogP contribution in [-0.2, 0) is 24.6 Å². The molecule has 134 valence electrons. The van der Waals surface area contributed by atoms with Crippen LogP contribution >= 0.6 is 11.6 Å². The van der Waals surface area contributed by atoms with Crippen LogP contribution in [0.25, 0.3) is 0 Å². The maximum atomic E-state index is 13.1. The van der Waals surface area contributed by atoms with Gasteiger partial charge in [-0.1, -0.05) is 11.6 Å². The predicted octanol–water partition coefficient (Wildman–Crippen LogP) is 1.70. The molecule has 1 aromatic rings. The average molecular weight is 394 g/mol. The molecule has 0 amide bonds. The minimum atomic E-state index is -3.81. The second-order valence-corrected chi connectivity index (χ2v) is 10.8. The number of hydrogen-bond acceptors (Lipinski definition) is 5. The topological polar surface area (TPSA) is 80.8 Å². The summed E-state index contributed by atoms with van der Waals surface area (Å²) >= 11 is 5.84. The van der Waals surface area contributed by atoms with Crippen molar-refractivity contribution in [2.45, 2.75) is 36.3 Å². The molecule has 2 saturated heterocycles. The molecule has 3 rings (SSSR count). The third kappa shape index (κ3) is 3.94. The van der Waals surface area contributed by atoms with Gasteiger partial charge in [-0.25, -0.2) is 16.8 Å². The van der Waals surface area contributed by atoms with E-state index in [1.54, 1.807) is 0 Å². The highest BCUT2D eigenvalue weighted by atomic mass is 35.5. The lowest BCUT2D eigenvalue weighted by molar-refractivity contribution is 0.0877. The van der Waals surface area contributed by atoms with Crippen molar-refractivity contribution in [3.8, 4) is 0 Å². The minimum Gasteiger partial charge on any atom is -0.377 e. The highest BCUT2D eigenvalue weighted by Gasteiger charge is 2.40. The van der Waals surface area contributed by atoms with Crippen molar-refractivity contribution in [2.24, 2.45) is 0 Å². The van der Waals surface area contributed by atoms with Crippen molar-refractivity contribution in [1.82, 2.24) is 4.31 Å². The van der Waals surface area contributed by atoms with Crippen molar-refractivity contribution >= 4 is 31.5 Å². The number of sulfonamides is 1. The Labute approximate surface area is 147 Å². The summed E-state index contributed by atoms with van der Waals surface area (Å²) in [6.45, 7) is 0.799. The number of nitrogens with zero attached hydrogens (tertiary/aromatic N) is 1. The molecular formula is C15H20ClNO5S2. The summed E-state index contributed by atoms with van der Waals surface area (Å²) in [4.78, 5) is 0.120. The summed E-state index contributed by atoms with van der Waals surface area (Å²) in [6.07, 6.45) is 1.81. The second kappa shape index (κ2) is 6.92. The van der Waals surface area contributed by atoms with Crippen LogP contribution < -0.4 is 0 Å². The van der Waals surface area contributed by atoms with E-state index in [4.69, 9.17) is 16.3 Å². The van der Waals surface area contributed by atoms with Gasteiger partial charge in [-0.3, -0.25) is 0 Å². The number of benzene rings is 1. The first-order valence-electron chi connectivity index (χ1n) is 7.87. The van der Waals surface area contributed by atoms with Crippen molar-refractivity contribution in [3.05, 3.63) is 29.3 Å². The van der Waals surface area contributed by atoms with Gasteiger partial charge in [0.15, 0.2) is 9.84 Å². The quantitative estimate of drug-likeness (QED) is 0.760. The molecule has 9 heteroatoms. The molecule has 0 N–H and O–H groups in total. The average Bonchev–Trinajstić information content (AvgIpc) is 3.14. The molecule has 1 aromatic carbocycles. The Hall–Kier alpha value is -0.670. The van der Waals surface area contributed by atoms with Crippen LogP contribution in [0.1, 0.15) is 19.3 Å². The maximum absolute atomic E-state index is 13.1. The Morgan fingerprint density at radius 1 is 1.21 bits per heavy atom. The standard InChI is InChI=1S/C15H20ClNO5S2/c16-12-3-5-15(6-4-12)24(20,21)17(10-14-2-1-8-22-14)13-7-9-23(18,19)11-13/h3-6,13-14H,1-2,7-11H2/t13-,14-/m0/s1. The lowest BCUT2D eigenvalue weighted by atomic mass is 10.2. The lowest BCUT2D eigenvalue weighted by Crippen LogP contribution is -2.45. The van der Waals surface area contributed by atoms with E-state index in [1.807, 2.05) is 0 Å². The Morgan fingerprint density at radius 3 is 2.46 bits per heavy atom. The van der Waals surface area contributed by atoms with Gasteiger partial charge in [0, 0.05) is 24.2 Å². The largest absolute Gasteiger partial charge is 0.377 e. The lowest BCUT2D eigenvalue weighted by Gasteiger charge is -2.29. The van der Waals surface area contributed by atoms with Gasteiger partial charge >= 0.3 is 0 Å². The predicted molar refractivity (Wildman–Crippen MR) is 91.4 cm³/mol. The Morgan fingerprint density at radius 2 is 1.92 bits per heavy atom. The van der Waals surface area contributed by atoms with Gasteiger partial charge < -0.3 is 4.74 Å². The third-order valence-corrected chi connectivity index (χ3v) is 8.38. The van der Waals surface area contributed by atoms with Gasteiger partial charge in [0.1, 0.15) is 0 Å². The molecule has 0 aromatic heterocycles. The number of sulfone groups is 1. The van der Waals surface area contributed by atoms with Crippen molar-refractivity contribution in [2.75, 3.05) is 24.7 Å². The molecule has 0 saturated carbocycles. The summed E-state index contributed by atoms with van der Waals surface area (Å²) in [5.41, 5.74) is 0. The van der Waals surface area contributed by atoms with Gasteiger partial charge in [-0.15, -0.1) is 0 Å². The molecular weight excluding hydrogens is 374 g/mol. The molecule has 2 fully saturated rings. The van der Waals surface area contributed by atoms with Crippen LogP contribution in [0.5, 0.6) is 0 Å². The number of rotatable bonds is 5. The molecule has 0 aliphatic carbocycles. The SMILES string of the molecule is O=S1(=O)CC[C@H](N(C[C@@H]2CCCO2)S(=O)(=O)c2ccc(Cl)cc2)C1. The van der Waals surface area contributed by atoms with E-state index in [0.29, 0.717) is 18.1 Å². The van der Waals surface area contributed by atoms with E-state index in [0.717, 1.165) is 12.8 Å². The summed E-state index contributed by atoms with van der Waals surface area (Å²) in [5.74, 6) is -0.109. The summed E-state index contributed by atoms with van der Waals surface area (Å²) in [5, 5.41) is 0.447. The van der Waals surface area contributed by atoms with E-state index >= 15 is 0 Å². The van der Waals surface area contributed by atoms with Crippen molar-refractivity contribution in [1.29, 1.82) is 0 Å². The fourth-order valence-corrected chi connectivity index (χ4v) is 6.81. The molecule has 2 atom stereocenters. The summed E-state index contributed by atoms with van der Waals surface area (Å²) in [7, 11) is -7.00. The molecule has 2 heterocycles. The van der Waals surface area contributed by atoms with Gasteiger partial charge in [0.25, 0.3) is 0 Å². The molecule has 2 aliphatic rings. The molecule has 6 nitrogen and oxygen atoms in total. The van der Waals surface area contributed by atoms with Crippen LogP contribution in [0.4, 0.5) is 0 Å². The maximum Gasteiger partial charge on any atom is 0.243 e. The third-order valence-electron chi connectivity index (χ3n) is 4.44. The Bertz CT molecular complexity index is 786. The highest BCUT2D eigenvalue weighted by molar-refractivity contribution is 7.92. The zero-order valence-electron chi connectivity index (χ0n) is 13.1. The zero-order valence-corrected chi connectivity index (χ0v) is 15.5. The first kappa shape index (κ1) is 18.1. The normalized spacial score (nSPS) is 26.9. The van der Waals surface area contributed by atoms with Gasteiger partial charge in [-0.05, 0) is 43.5 Å². The fourth-order valence-electron chi connectivity index (χ4n) is 3.18. The minimum absolute atomic E-state index is 0.0236. The van der Waals surface area contributed by atoms with Crippen LogP contribution in [-0.4, -0.2) is 57.9 Å². The van der Waals surface area contributed by atoms with Crippen molar-refractivity contribution < 1.29 is 21.6 Å². The first-order chi connectivity index (χ1) is 11.3. The highest BCUT2D eigenvalue weighted by Crippen LogP contribution is 2.28. The first-order valence-corrected chi connectivity index (χ1v) is 11.5. The smallest absolute Gasteiger partial charge is 0.243 e. The monoisotopic (exact) mass is 393 g/mol.